The van der Waals surface area contributed by atoms with E-state index in [1.54, 1.807) is 0 Å². The van der Waals surface area contributed by atoms with Gasteiger partial charge in [0.15, 0.2) is 0 Å². The lowest BCUT2D eigenvalue weighted by molar-refractivity contribution is 0.627. The maximum absolute atomic E-state index is 6.53. The summed E-state index contributed by atoms with van der Waals surface area (Å²) in [5, 5.41) is 4.42. The molecule has 0 saturated carbocycles. The zero-order chi connectivity index (χ0) is 15.6. The Labute approximate surface area is 146 Å². The largest absolute Gasteiger partial charge is 0.306 e. The predicted molar refractivity (Wildman–Crippen MR) is 100 cm³/mol. The van der Waals surface area contributed by atoms with Crippen LogP contribution in [-0.2, 0) is 0 Å². The number of hydrogen-bond acceptors (Lipinski definition) is 1. The van der Waals surface area contributed by atoms with Crippen LogP contribution < -0.4 is 5.32 Å². The smallest absolute Gasteiger partial charge is 0.0602 e. The molecule has 0 aliphatic carbocycles. The summed E-state index contributed by atoms with van der Waals surface area (Å²) in [6.45, 7) is 9.42. The number of halogens is 2. The van der Waals surface area contributed by atoms with Crippen molar-refractivity contribution in [1.82, 2.24) is 5.32 Å². The fourth-order valence-electron chi connectivity index (χ4n) is 2.51. The van der Waals surface area contributed by atoms with Gasteiger partial charge in [0.1, 0.15) is 0 Å². The molecule has 0 aliphatic rings. The van der Waals surface area contributed by atoms with E-state index in [0.29, 0.717) is 0 Å². The molecule has 0 bridgehead atoms. The normalized spacial score (nSPS) is 12.5. The van der Waals surface area contributed by atoms with Gasteiger partial charge in [0.05, 0.1) is 6.04 Å². The summed E-state index contributed by atoms with van der Waals surface area (Å²) in [6, 6.07) is 10.9. The molecule has 1 N–H and O–H groups in total. The van der Waals surface area contributed by atoms with Crippen molar-refractivity contribution < 1.29 is 0 Å². The van der Waals surface area contributed by atoms with Crippen LogP contribution in [0.15, 0.2) is 30.3 Å². The molecule has 2 aromatic carbocycles. The second kappa shape index (κ2) is 7.12. The van der Waals surface area contributed by atoms with Crippen LogP contribution in [0, 0.1) is 24.3 Å². The first kappa shape index (κ1) is 16.8. The van der Waals surface area contributed by atoms with E-state index in [9.17, 15) is 0 Å². The lowest BCUT2D eigenvalue weighted by Gasteiger charge is -2.23. The first-order chi connectivity index (χ1) is 9.95. The highest BCUT2D eigenvalue weighted by atomic mass is 127. The summed E-state index contributed by atoms with van der Waals surface area (Å²) in [5.74, 6) is 0. The molecule has 0 aromatic heterocycles. The lowest BCUT2D eigenvalue weighted by Crippen LogP contribution is -2.23. The highest BCUT2D eigenvalue weighted by molar-refractivity contribution is 14.1. The Balaban J connectivity index is 2.59. The van der Waals surface area contributed by atoms with Crippen LogP contribution in [-0.4, -0.2) is 6.54 Å². The molecule has 0 radical (unpaired) electrons. The summed E-state index contributed by atoms with van der Waals surface area (Å²) in [7, 11) is 0. The summed E-state index contributed by atoms with van der Waals surface area (Å²) < 4.78 is 1.30. The minimum absolute atomic E-state index is 0.133. The molecule has 112 valence electrons. The van der Waals surface area contributed by atoms with E-state index < -0.39 is 0 Å². The number of benzene rings is 2. The molecule has 21 heavy (non-hydrogen) atoms. The van der Waals surface area contributed by atoms with Crippen molar-refractivity contribution in [1.29, 1.82) is 0 Å². The van der Waals surface area contributed by atoms with Gasteiger partial charge in [-0.2, -0.15) is 0 Å². The van der Waals surface area contributed by atoms with E-state index in [4.69, 9.17) is 11.6 Å². The average molecular weight is 414 g/mol. The second-order valence-corrected chi connectivity index (χ2v) is 6.91. The molecule has 1 atom stereocenters. The van der Waals surface area contributed by atoms with E-state index in [2.05, 4.69) is 85.9 Å². The average Bonchev–Trinajstić information content (AvgIpc) is 2.44. The first-order valence-electron chi connectivity index (χ1n) is 7.20. The van der Waals surface area contributed by atoms with Gasteiger partial charge < -0.3 is 5.32 Å². The molecule has 3 heteroatoms. The van der Waals surface area contributed by atoms with Crippen molar-refractivity contribution in [2.45, 2.75) is 33.7 Å². The van der Waals surface area contributed by atoms with Gasteiger partial charge in [0, 0.05) is 8.59 Å². The van der Waals surface area contributed by atoms with Gasteiger partial charge >= 0.3 is 0 Å². The maximum Gasteiger partial charge on any atom is 0.0602 e. The van der Waals surface area contributed by atoms with Crippen LogP contribution in [0.5, 0.6) is 0 Å². The van der Waals surface area contributed by atoms with Crippen LogP contribution >= 0.6 is 34.2 Å². The topological polar surface area (TPSA) is 12.0 Å². The highest BCUT2D eigenvalue weighted by Crippen LogP contribution is 2.33. The van der Waals surface area contributed by atoms with E-state index >= 15 is 0 Å². The molecule has 0 aliphatic heterocycles. The van der Waals surface area contributed by atoms with Crippen molar-refractivity contribution >= 4 is 34.2 Å². The SMILES string of the molecule is CCNC(c1cc(C)c(C)cc1Cl)c1cccc(C)c1I. The van der Waals surface area contributed by atoms with Gasteiger partial charge in [-0.3, -0.25) is 0 Å². The highest BCUT2D eigenvalue weighted by Gasteiger charge is 2.19. The summed E-state index contributed by atoms with van der Waals surface area (Å²) in [6.07, 6.45) is 0. The van der Waals surface area contributed by atoms with E-state index in [1.807, 2.05) is 0 Å². The molecule has 1 unspecified atom stereocenters. The van der Waals surface area contributed by atoms with Crippen molar-refractivity contribution in [2.75, 3.05) is 6.54 Å². The quantitative estimate of drug-likeness (QED) is 0.646. The second-order valence-electron chi connectivity index (χ2n) is 5.43. The van der Waals surface area contributed by atoms with Crippen LogP contribution in [0.25, 0.3) is 0 Å². The third kappa shape index (κ3) is 3.61. The van der Waals surface area contributed by atoms with Crippen molar-refractivity contribution in [3.63, 3.8) is 0 Å². The molecule has 0 saturated heterocycles. The van der Waals surface area contributed by atoms with Crippen LogP contribution in [0.1, 0.15) is 40.8 Å². The van der Waals surface area contributed by atoms with Gasteiger partial charge in [-0.15, -0.1) is 0 Å². The van der Waals surface area contributed by atoms with E-state index in [0.717, 1.165) is 17.1 Å². The fourth-order valence-corrected chi connectivity index (χ4v) is 3.51. The summed E-state index contributed by atoms with van der Waals surface area (Å²) in [5.41, 5.74) is 6.27. The van der Waals surface area contributed by atoms with E-state index in [-0.39, 0.29) is 6.04 Å². The molecular weight excluding hydrogens is 393 g/mol. The van der Waals surface area contributed by atoms with Gasteiger partial charge in [-0.1, -0.05) is 42.8 Å². The zero-order valence-corrected chi connectivity index (χ0v) is 15.8. The Hall–Kier alpha value is -0.580. The predicted octanol–water partition coefficient (Wildman–Crippen LogP) is 5.57. The van der Waals surface area contributed by atoms with Crippen LogP contribution in [0.3, 0.4) is 0 Å². The zero-order valence-electron chi connectivity index (χ0n) is 12.9. The Bertz CT molecular complexity index is 652. The maximum atomic E-state index is 6.53. The van der Waals surface area contributed by atoms with Crippen molar-refractivity contribution in [3.05, 3.63) is 66.7 Å². The van der Waals surface area contributed by atoms with Gasteiger partial charge in [-0.05, 0) is 83.8 Å². The minimum Gasteiger partial charge on any atom is -0.306 e. The third-order valence-electron chi connectivity index (χ3n) is 3.86. The number of aryl methyl sites for hydroxylation is 3. The summed E-state index contributed by atoms with van der Waals surface area (Å²) in [4.78, 5) is 0. The Morgan fingerprint density at radius 3 is 2.38 bits per heavy atom. The van der Waals surface area contributed by atoms with Gasteiger partial charge in [0.2, 0.25) is 0 Å². The van der Waals surface area contributed by atoms with Crippen molar-refractivity contribution in [2.24, 2.45) is 0 Å². The van der Waals surface area contributed by atoms with Crippen LogP contribution in [0.4, 0.5) is 0 Å². The third-order valence-corrected chi connectivity index (χ3v) is 5.67. The van der Waals surface area contributed by atoms with E-state index in [1.165, 1.54) is 25.8 Å². The Morgan fingerprint density at radius 1 is 1.05 bits per heavy atom. The van der Waals surface area contributed by atoms with Crippen molar-refractivity contribution in [3.8, 4) is 0 Å². The molecule has 0 amide bonds. The minimum atomic E-state index is 0.133. The number of hydrogen-bond donors (Lipinski definition) is 1. The molecule has 0 spiro atoms. The fraction of sp³-hybridized carbons (Fsp3) is 0.333. The monoisotopic (exact) mass is 413 g/mol. The molecule has 0 fully saturated rings. The molecular formula is C18H21ClIN. The molecule has 1 nitrogen and oxygen atoms in total. The Morgan fingerprint density at radius 2 is 1.71 bits per heavy atom. The molecule has 0 heterocycles. The summed E-state index contributed by atoms with van der Waals surface area (Å²) >= 11 is 8.96. The number of nitrogens with one attached hydrogen (secondary N) is 1. The number of rotatable bonds is 4. The first-order valence-corrected chi connectivity index (χ1v) is 8.66. The lowest BCUT2D eigenvalue weighted by atomic mass is 9.94. The van der Waals surface area contributed by atoms with Gasteiger partial charge in [-0.25, -0.2) is 0 Å². The standard InChI is InChI=1S/C18H21ClIN/c1-5-21-18(14-8-6-7-11(2)17(14)20)15-9-12(3)13(4)10-16(15)19/h6-10,18,21H,5H2,1-4H3. The van der Waals surface area contributed by atoms with Crippen LogP contribution in [0.2, 0.25) is 5.02 Å². The molecule has 2 rings (SSSR count). The Kier molecular flexibility index (Phi) is 5.69. The van der Waals surface area contributed by atoms with Gasteiger partial charge in [0.25, 0.3) is 0 Å². The molecule has 2 aromatic rings.